The van der Waals surface area contributed by atoms with Crippen LogP contribution in [0.1, 0.15) is 75.3 Å². The minimum atomic E-state index is -0.233. The Hall–Kier alpha value is -3.32. The number of anilines is 1. The van der Waals surface area contributed by atoms with Crippen molar-refractivity contribution in [2.24, 2.45) is 0 Å². The number of hydrogen-bond acceptors (Lipinski definition) is 4. The first-order chi connectivity index (χ1) is 18.2. The van der Waals surface area contributed by atoms with Gasteiger partial charge in [0.25, 0.3) is 5.91 Å². The monoisotopic (exact) mass is 539 g/mol. The molecule has 0 unspecified atom stereocenters. The van der Waals surface area contributed by atoms with Gasteiger partial charge in [0.15, 0.2) is 0 Å². The van der Waals surface area contributed by atoms with Gasteiger partial charge in [-0.25, -0.2) is 0 Å². The molecular formula is C30H38ClN3O4. The van der Waals surface area contributed by atoms with E-state index in [2.05, 4.69) is 0 Å². The molecule has 204 valence electrons. The zero-order valence-corrected chi connectivity index (χ0v) is 23.6. The number of halogens is 1. The summed E-state index contributed by atoms with van der Waals surface area (Å²) in [7, 11) is 0. The molecule has 38 heavy (non-hydrogen) atoms. The van der Waals surface area contributed by atoms with Crippen LogP contribution in [0, 0.1) is 6.92 Å². The maximum atomic E-state index is 13.5. The molecule has 2 aromatic carbocycles. The second-order valence-corrected chi connectivity index (χ2v) is 9.97. The van der Waals surface area contributed by atoms with Crippen LogP contribution in [-0.4, -0.2) is 51.9 Å². The van der Waals surface area contributed by atoms with Gasteiger partial charge in [-0.2, -0.15) is 0 Å². The minimum absolute atomic E-state index is 0.0672. The highest BCUT2D eigenvalue weighted by Crippen LogP contribution is 2.37. The molecule has 1 heterocycles. The molecule has 0 spiro atoms. The van der Waals surface area contributed by atoms with E-state index in [9.17, 15) is 19.5 Å². The molecule has 3 rings (SSSR count). The smallest absolute Gasteiger partial charge is 0.262 e. The zero-order chi connectivity index (χ0) is 27.8. The summed E-state index contributed by atoms with van der Waals surface area (Å²) in [4.78, 5) is 42.0. The lowest BCUT2D eigenvalue weighted by Crippen LogP contribution is -2.30. The molecule has 0 bridgehead atoms. The fourth-order valence-electron chi connectivity index (χ4n) is 4.95. The summed E-state index contributed by atoms with van der Waals surface area (Å²) < 4.78 is 1.59. The van der Waals surface area contributed by atoms with E-state index in [1.54, 1.807) is 51.9 Å². The third-order valence-corrected chi connectivity index (χ3v) is 7.24. The number of unbranched alkanes of at least 4 members (excludes halogenated alkanes) is 4. The van der Waals surface area contributed by atoms with E-state index in [1.807, 2.05) is 25.7 Å². The van der Waals surface area contributed by atoms with E-state index in [4.69, 9.17) is 11.6 Å². The molecule has 3 aromatic rings. The number of fused-ring (bicyclic) bond motifs is 1. The number of amides is 2. The first-order valence-corrected chi connectivity index (χ1v) is 13.8. The third-order valence-electron chi connectivity index (χ3n) is 6.99. The maximum Gasteiger partial charge on any atom is 0.262 e. The van der Waals surface area contributed by atoms with Gasteiger partial charge in [-0.15, -0.1) is 0 Å². The number of hydrogen-bond donors (Lipinski definition) is 1. The molecule has 0 saturated heterocycles. The first kappa shape index (κ1) is 29.2. The van der Waals surface area contributed by atoms with Gasteiger partial charge in [-0.3, -0.25) is 19.0 Å². The lowest BCUT2D eigenvalue weighted by Gasteiger charge is -2.22. The van der Waals surface area contributed by atoms with E-state index < -0.39 is 0 Å². The van der Waals surface area contributed by atoms with Crippen molar-refractivity contribution in [3.63, 3.8) is 0 Å². The lowest BCUT2D eigenvalue weighted by molar-refractivity contribution is -0.131. The number of phenols is 1. The average molecular weight is 540 g/mol. The average Bonchev–Trinajstić information content (AvgIpc) is 3.16. The number of benzene rings is 2. The van der Waals surface area contributed by atoms with E-state index in [0.717, 1.165) is 45.2 Å². The zero-order valence-electron chi connectivity index (χ0n) is 22.8. The van der Waals surface area contributed by atoms with Crippen LogP contribution in [0.5, 0.6) is 5.75 Å². The van der Waals surface area contributed by atoms with Crippen molar-refractivity contribution in [2.75, 3.05) is 24.5 Å². The number of phenolic OH excluding ortho intramolecular Hbond substituents is 1. The molecule has 8 heteroatoms. The Morgan fingerprint density at radius 2 is 1.55 bits per heavy atom. The molecule has 7 nitrogen and oxygen atoms in total. The maximum absolute atomic E-state index is 13.5. The quantitative estimate of drug-likeness (QED) is 0.264. The van der Waals surface area contributed by atoms with Crippen LogP contribution in [0.4, 0.5) is 5.69 Å². The lowest BCUT2D eigenvalue weighted by atomic mass is 10.1. The third kappa shape index (κ3) is 6.76. The van der Waals surface area contributed by atoms with Crippen LogP contribution >= 0.6 is 11.6 Å². The fourth-order valence-corrected chi connectivity index (χ4v) is 5.08. The second kappa shape index (κ2) is 13.5. The van der Waals surface area contributed by atoms with Crippen LogP contribution in [0.25, 0.3) is 10.9 Å². The minimum Gasteiger partial charge on any atom is -0.508 e. The summed E-state index contributed by atoms with van der Waals surface area (Å²) in [6.45, 7) is 9.32. The van der Waals surface area contributed by atoms with Gasteiger partial charge in [0, 0.05) is 54.6 Å². The molecule has 0 aliphatic carbocycles. The Labute approximate surface area is 230 Å². The number of aromatic nitrogens is 1. The second-order valence-electron chi connectivity index (χ2n) is 9.54. The Balaban J connectivity index is 1.75. The molecule has 0 saturated carbocycles. The van der Waals surface area contributed by atoms with Crippen molar-refractivity contribution in [2.45, 2.75) is 66.2 Å². The van der Waals surface area contributed by atoms with Gasteiger partial charge in [-0.05, 0) is 76.1 Å². The van der Waals surface area contributed by atoms with Crippen LogP contribution in [0.15, 0.2) is 42.5 Å². The van der Waals surface area contributed by atoms with Crippen molar-refractivity contribution < 1.29 is 19.5 Å². The normalized spacial score (nSPS) is 11.1. The molecule has 0 atom stereocenters. The van der Waals surface area contributed by atoms with Gasteiger partial charge in [0.05, 0.1) is 11.2 Å². The van der Waals surface area contributed by atoms with E-state index in [1.165, 1.54) is 6.92 Å². The Morgan fingerprint density at radius 3 is 2.18 bits per heavy atom. The number of nitrogens with zero attached hydrogens (tertiary/aromatic N) is 3. The summed E-state index contributed by atoms with van der Waals surface area (Å²) in [5.74, 6) is -0.0817. The van der Waals surface area contributed by atoms with E-state index >= 15 is 0 Å². The summed E-state index contributed by atoms with van der Waals surface area (Å²) in [6, 6.07) is 11.5. The van der Waals surface area contributed by atoms with Crippen LogP contribution < -0.4 is 4.90 Å². The molecule has 0 radical (unpaired) electrons. The van der Waals surface area contributed by atoms with Gasteiger partial charge in [-0.1, -0.05) is 30.9 Å². The Kier molecular flexibility index (Phi) is 10.4. The number of rotatable bonds is 12. The Bertz CT molecular complexity index is 1280. The van der Waals surface area contributed by atoms with Crippen molar-refractivity contribution in [3.8, 4) is 5.75 Å². The van der Waals surface area contributed by atoms with Crippen molar-refractivity contribution >= 4 is 45.9 Å². The van der Waals surface area contributed by atoms with Crippen molar-refractivity contribution in [1.82, 2.24) is 9.47 Å². The SMILES string of the molecule is CCN(CC)C(=O)CCCCCCCN(C(C)=O)c1c(C)n(C(=O)c2ccc(Cl)cc2)c2ccc(O)cc12. The highest BCUT2D eigenvalue weighted by molar-refractivity contribution is 6.30. The molecular weight excluding hydrogens is 502 g/mol. The van der Waals surface area contributed by atoms with Gasteiger partial charge < -0.3 is 14.9 Å². The first-order valence-electron chi connectivity index (χ1n) is 13.4. The molecule has 1 aromatic heterocycles. The summed E-state index contributed by atoms with van der Waals surface area (Å²) in [5, 5.41) is 11.4. The summed E-state index contributed by atoms with van der Waals surface area (Å²) >= 11 is 6.01. The Morgan fingerprint density at radius 1 is 0.921 bits per heavy atom. The summed E-state index contributed by atoms with van der Waals surface area (Å²) in [6.07, 6.45) is 5.10. The highest BCUT2D eigenvalue weighted by Gasteiger charge is 2.25. The standard InChI is InChI=1S/C30H38ClN3O4/c1-5-32(6-2)28(37)12-10-8-7-9-11-19-33(22(4)35)29-21(3)34(27-18-17-25(36)20-26(27)29)30(38)23-13-15-24(31)16-14-23/h13-18,20,36H,5-12,19H2,1-4H3. The number of carbonyl (C=O) groups is 3. The predicted octanol–water partition coefficient (Wildman–Crippen LogP) is 6.56. The predicted molar refractivity (Wildman–Crippen MR) is 153 cm³/mol. The van der Waals surface area contributed by atoms with Gasteiger partial charge >= 0.3 is 0 Å². The molecule has 2 amide bonds. The molecule has 1 N–H and O–H groups in total. The van der Waals surface area contributed by atoms with Crippen LogP contribution in [0.2, 0.25) is 5.02 Å². The highest BCUT2D eigenvalue weighted by atomic mass is 35.5. The molecule has 0 fully saturated rings. The van der Waals surface area contributed by atoms with E-state index in [0.29, 0.717) is 45.8 Å². The van der Waals surface area contributed by atoms with Gasteiger partial charge in [0.2, 0.25) is 11.8 Å². The topological polar surface area (TPSA) is 82.9 Å². The van der Waals surface area contributed by atoms with Crippen LogP contribution in [-0.2, 0) is 9.59 Å². The van der Waals surface area contributed by atoms with E-state index in [-0.39, 0.29) is 23.5 Å². The number of carbonyl (C=O) groups excluding carboxylic acids is 3. The molecule has 0 aliphatic rings. The molecule has 0 aliphatic heterocycles. The largest absolute Gasteiger partial charge is 0.508 e. The fraction of sp³-hybridized carbons (Fsp3) is 0.433. The van der Waals surface area contributed by atoms with Crippen molar-refractivity contribution in [1.29, 1.82) is 0 Å². The van der Waals surface area contributed by atoms with Crippen molar-refractivity contribution in [3.05, 3.63) is 58.7 Å². The van der Waals surface area contributed by atoms with Crippen LogP contribution in [0.3, 0.4) is 0 Å². The number of aromatic hydroxyl groups is 1. The van der Waals surface area contributed by atoms with Gasteiger partial charge in [0.1, 0.15) is 5.75 Å². The summed E-state index contributed by atoms with van der Waals surface area (Å²) in [5.41, 5.74) is 2.37.